The molecule has 0 spiro atoms. The molecule has 0 aliphatic heterocycles. The Bertz CT molecular complexity index is 1160. The Morgan fingerprint density at radius 2 is 0.919 bits per heavy atom. The molecule has 0 radical (unpaired) electrons. The monoisotopic (exact) mass is 875 g/mol. The van der Waals surface area contributed by atoms with Gasteiger partial charge < -0.3 is 28.5 Å². The molecule has 0 amide bonds. The van der Waals surface area contributed by atoms with Crippen molar-refractivity contribution in [1.82, 2.24) is 0 Å². The lowest BCUT2D eigenvalue weighted by Gasteiger charge is -2.25. The Hall–Kier alpha value is -2.75. The van der Waals surface area contributed by atoms with Crippen LogP contribution in [0.5, 0.6) is 0 Å². The number of carboxylic acid groups (broad SMARTS) is 1. The second kappa shape index (κ2) is 44.8. The van der Waals surface area contributed by atoms with Crippen LogP contribution in [0.15, 0.2) is 48.6 Å². The van der Waals surface area contributed by atoms with E-state index in [1.165, 1.54) is 122 Å². The number of carbonyl (C=O) groups is 3. The SMILES string of the molecule is CC/C=C\C/C=C\C/C=C\C/C=C\CCCCC(=O)OC(COC(=O)CCCCCCCCCCCCCCCCCCCCCCCC)COC(OCC[N+](C)(C)C)C(=O)O. The average Bonchev–Trinajstić information content (AvgIpc) is 3.23. The zero-order chi connectivity index (χ0) is 45.6. The number of aliphatic carboxylic acids is 1. The second-order valence-electron chi connectivity index (χ2n) is 18.1. The van der Waals surface area contributed by atoms with Crippen LogP contribution in [0.1, 0.15) is 213 Å². The van der Waals surface area contributed by atoms with Crippen LogP contribution in [0.2, 0.25) is 0 Å². The molecule has 62 heavy (non-hydrogen) atoms. The first-order valence-corrected chi connectivity index (χ1v) is 25.3. The van der Waals surface area contributed by atoms with Crippen LogP contribution < -0.4 is 0 Å². The van der Waals surface area contributed by atoms with E-state index in [1.54, 1.807) is 0 Å². The van der Waals surface area contributed by atoms with Gasteiger partial charge in [-0.05, 0) is 51.4 Å². The minimum absolute atomic E-state index is 0.179. The molecule has 0 bridgehead atoms. The number of hydrogen-bond donors (Lipinski definition) is 1. The quantitative estimate of drug-likeness (QED) is 0.0212. The van der Waals surface area contributed by atoms with Gasteiger partial charge in [0.15, 0.2) is 6.10 Å². The Balaban J connectivity index is 4.33. The first-order chi connectivity index (χ1) is 30.1. The van der Waals surface area contributed by atoms with Gasteiger partial charge in [-0.15, -0.1) is 0 Å². The molecule has 1 N–H and O–H groups in total. The molecule has 2 unspecified atom stereocenters. The van der Waals surface area contributed by atoms with Gasteiger partial charge in [-0.2, -0.15) is 0 Å². The van der Waals surface area contributed by atoms with Gasteiger partial charge >= 0.3 is 17.9 Å². The van der Waals surface area contributed by atoms with Gasteiger partial charge in [-0.1, -0.05) is 197 Å². The van der Waals surface area contributed by atoms with Crippen LogP contribution in [0, 0.1) is 0 Å². The van der Waals surface area contributed by atoms with Crippen LogP contribution in [-0.2, 0) is 33.3 Å². The number of carboxylic acids is 1. The molecule has 0 heterocycles. The van der Waals surface area contributed by atoms with Gasteiger partial charge in [0.2, 0.25) is 0 Å². The smallest absolute Gasteiger partial charge is 0.361 e. The van der Waals surface area contributed by atoms with Crippen LogP contribution in [-0.4, -0.2) is 87.4 Å². The summed E-state index contributed by atoms with van der Waals surface area (Å²) in [4.78, 5) is 37.2. The first-order valence-electron chi connectivity index (χ1n) is 25.3. The second-order valence-corrected chi connectivity index (χ2v) is 18.1. The molecule has 9 nitrogen and oxygen atoms in total. The van der Waals surface area contributed by atoms with E-state index in [2.05, 4.69) is 62.5 Å². The summed E-state index contributed by atoms with van der Waals surface area (Å²) >= 11 is 0. The zero-order valence-electron chi connectivity index (χ0n) is 40.8. The van der Waals surface area contributed by atoms with Crippen molar-refractivity contribution in [2.24, 2.45) is 0 Å². The van der Waals surface area contributed by atoms with Gasteiger partial charge in [0.25, 0.3) is 6.29 Å². The summed E-state index contributed by atoms with van der Waals surface area (Å²) in [7, 11) is 5.94. The van der Waals surface area contributed by atoms with Crippen molar-refractivity contribution in [1.29, 1.82) is 0 Å². The van der Waals surface area contributed by atoms with E-state index in [9.17, 15) is 19.5 Å². The third-order valence-electron chi connectivity index (χ3n) is 10.8. The van der Waals surface area contributed by atoms with Crippen molar-refractivity contribution >= 4 is 17.9 Å². The highest BCUT2D eigenvalue weighted by molar-refractivity contribution is 5.71. The fourth-order valence-corrected chi connectivity index (χ4v) is 6.95. The van der Waals surface area contributed by atoms with E-state index in [-0.39, 0.29) is 32.2 Å². The van der Waals surface area contributed by atoms with E-state index in [4.69, 9.17) is 18.9 Å². The molecule has 360 valence electrons. The lowest BCUT2D eigenvalue weighted by atomic mass is 10.0. The third kappa shape index (κ3) is 45.3. The van der Waals surface area contributed by atoms with E-state index in [0.29, 0.717) is 23.9 Å². The standard InChI is InChI=1S/C53H95NO8/c1-6-8-10-12-14-16-18-20-22-23-24-25-26-27-28-30-31-33-35-37-39-41-43-50(55)60-47-49(48-61-53(52(57)58)59-46-45-54(3,4)5)62-51(56)44-42-40-38-36-34-32-29-21-19-17-15-13-11-9-7-2/h9,11,15,17,21,29,34,36,49,53H,6-8,10,12-14,16,18-20,22-28,30-33,35,37-48H2,1-5H3/p+1/b11-9-,17-15-,29-21-,36-34-. The number of quaternary nitrogens is 1. The minimum Gasteiger partial charge on any atom is -0.477 e. The van der Waals surface area contributed by atoms with Crippen LogP contribution >= 0.6 is 0 Å². The predicted molar refractivity (Wildman–Crippen MR) is 258 cm³/mol. The average molecular weight is 875 g/mol. The summed E-state index contributed by atoms with van der Waals surface area (Å²) in [6.07, 6.45) is 50.5. The number of hydrogen-bond acceptors (Lipinski definition) is 7. The molecule has 0 aliphatic carbocycles. The number of rotatable bonds is 46. The highest BCUT2D eigenvalue weighted by Gasteiger charge is 2.25. The fraction of sp³-hybridized carbons (Fsp3) is 0.792. The molecule has 0 rings (SSSR count). The number of unbranched alkanes of at least 4 members (excludes halogenated alkanes) is 23. The van der Waals surface area contributed by atoms with Crippen molar-refractivity contribution in [3.63, 3.8) is 0 Å². The van der Waals surface area contributed by atoms with Crippen molar-refractivity contribution in [3.8, 4) is 0 Å². The summed E-state index contributed by atoms with van der Waals surface area (Å²) in [6, 6.07) is 0. The molecule has 2 atom stereocenters. The molecular formula is C53H96NO8+. The molecule has 0 aliphatic rings. The largest absolute Gasteiger partial charge is 0.477 e. The first kappa shape index (κ1) is 59.2. The molecule has 0 aromatic heterocycles. The molecule has 0 fully saturated rings. The van der Waals surface area contributed by atoms with Gasteiger partial charge in [-0.3, -0.25) is 9.59 Å². The number of allylic oxidation sites excluding steroid dienone is 8. The maximum Gasteiger partial charge on any atom is 0.361 e. The predicted octanol–water partition coefficient (Wildman–Crippen LogP) is 13.9. The van der Waals surface area contributed by atoms with Crippen LogP contribution in [0.4, 0.5) is 0 Å². The van der Waals surface area contributed by atoms with Crippen molar-refractivity contribution in [2.45, 2.75) is 225 Å². The number of nitrogens with zero attached hydrogens (tertiary/aromatic N) is 1. The lowest BCUT2D eigenvalue weighted by Crippen LogP contribution is -2.40. The summed E-state index contributed by atoms with van der Waals surface area (Å²) in [5.74, 6) is -2.06. The maximum atomic E-state index is 12.8. The topological polar surface area (TPSA) is 108 Å². The zero-order valence-corrected chi connectivity index (χ0v) is 40.8. The highest BCUT2D eigenvalue weighted by Crippen LogP contribution is 2.16. The Morgan fingerprint density at radius 3 is 1.37 bits per heavy atom. The van der Waals surface area contributed by atoms with E-state index < -0.39 is 24.3 Å². The number of ether oxygens (including phenoxy) is 4. The Morgan fingerprint density at radius 1 is 0.500 bits per heavy atom. The van der Waals surface area contributed by atoms with Crippen molar-refractivity contribution < 1.29 is 42.9 Å². The van der Waals surface area contributed by atoms with Gasteiger partial charge in [-0.25, -0.2) is 4.79 Å². The summed E-state index contributed by atoms with van der Waals surface area (Å²) in [5, 5.41) is 9.65. The van der Waals surface area contributed by atoms with Crippen molar-refractivity contribution in [3.05, 3.63) is 48.6 Å². The molecule has 0 saturated heterocycles. The highest BCUT2D eigenvalue weighted by atomic mass is 16.7. The molecular weight excluding hydrogens is 779 g/mol. The molecule has 0 saturated carbocycles. The number of carbonyl (C=O) groups excluding carboxylic acids is 2. The maximum absolute atomic E-state index is 12.8. The number of likely N-dealkylation sites (N-methyl/N-ethyl adjacent to an activating group) is 1. The summed E-state index contributed by atoms with van der Waals surface area (Å²) < 4.78 is 22.7. The van der Waals surface area contributed by atoms with Gasteiger partial charge in [0.1, 0.15) is 13.2 Å². The van der Waals surface area contributed by atoms with Crippen molar-refractivity contribution in [2.75, 3.05) is 47.5 Å². The Kier molecular flexibility index (Phi) is 42.9. The minimum atomic E-state index is -1.52. The van der Waals surface area contributed by atoms with Crippen LogP contribution in [0.25, 0.3) is 0 Å². The van der Waals surface area contributed by atoms with E-state index >= 15 is 0 Å². The number of esters is 2. The fourth-order valence-electron chi connectivity index (χ4n) is 6.95. The van der Waals surface area contributed by atoms with Gasteiger partial charge in [0.05, 0.1) is 34.4 Å². The molecule has 0 aromatic carbocycles. The Labute approximate surface area is 381 Å². The van der Waals surface area contributed by atoms with E-state index in [1.807, 2.05) is 21.1 Å². The summed E-state index contributed by atoms with van der Waals surface area (Å²) in [5.41, 5.74) is 0. The van der Waals surface area contributed by atoms with E-state index in [0.717, 1.165) is 57.8 Å². The van der Waals surface area contributed by atoms with Gasteiger partial charge in [0, 0.05) is 12.8 Å². The van der Waals surface area contributed by atoms with Crippen LogP contribution in [0.3, 0.4) is 0 Å². The lowest BCUT2D eigenvalue weighted by molar-refractivity contribution is -0.870. The molecule has 0 aromatic rings. The molecule has 9 heteroatoms. The third-order valence-corrected chi connectivity index (χ3v) is 10.8. The normalized spacial score (nSPS) is 13.2. The summed E-state index contributed by atoms with van der Waals surface area (Å²) in [6.45, 7) is 4.72.